The molecule has 7 nitrogen and oxygen atoms in total. The van der Waals surface area contributed by atoms with Crippen LogP contribution in [0.5, 0.6) is 11.5 Å². The maximum Gasteiger partial charge on any atom is 0.219 e. The first-order valence-corrected chi connectivity index (χ1v) is 10.00. The third-order valence-corrected chi connectivity index (χ3v) is 5.45. The van der Waals surface area contributed by atoms with Crippen molar-refractivity contribution >= 4 is 22.7 Å². The Labute approximate surface area is 174 Å². The zero-order valence-corrected chi connectivity index (χ0v) is 16.9. The summed E-state index contributed by atoms with van der Waals surface area (Å²) in [5.74, 6) is 1.45. The summed E-state index contributed by atoms with van der Waals surface area (Å²) >= 11 is 0. The van der Waals surface area contributed by atoms with E-state index in [1.165, 1.54) is 0 Å². The number of hydrogen-bond donors (Lipinski definition) is 3. The molecule has 30 heavy (non-hydrogen) atoms. The standard InChI is InChI=1S/C23H25N3O4/c1-14(27)26-9-8-19(13-26)30-22-6-3-15(10-20(22)28)2-5-18-12-17-11-16(23(24)25)4-7-21(17)29-18/h3-4,6-7,10-12,19,28H,2,5,8-9,13H2,1H3,(H3,24,25)/t19-/m0/s1. The van der Waals surface area contributed by atoms with E-state index in [0.29, 0.717) is 37.2 Å². The number of likely N-dealkylation sites (tertiary alicyclic amines) is 1. The van der Waals surface area contributed by atoms with Crippen LogP contribution in [0.25, 0.3) is 11.0 Å². The van der Waals surface area contributed by atoms with Gasteiger partial charge in [0.05, 0.1) is 6.54 Å². The third-order valence-electron chi connectivity index (χ3n) is 5.45. The van der Waals surface area contributed by atoms with Crippen LogP contribution >= 0.6 is 0 Å². The molecule has 0 spiro atoms. The Bertz CT molecular complexity index is 1110. The molecule has 2 heterocycles. The van der Waals surface area contributed by atoms with Gasteiger partial charge < -0.3 is 24.9 Å². The van der Waals surface area contributed by atoms with Crippen molar-refractivity contribution in [2.24, 2.45) is 5.73 Å². The smallest absolute Gasteiger partial charge is 0.219 e. The van der Waals surface area contributed by atoms with Gasteiger partial charge in [-0.2, -0.15) is 0 Å². The topological polar surface area (TPSA) is 113 Å². The molecule has 3 aromatic rings. The zero-order chi connectivity index (χ0) is 21.3. The number of aromatic hydroxyl groups is 1. The van der Waals surface area contributed by atoms with Crippen molar-refractivity contribution in [3.05, 3.63) is 59.4 Å². The lowest BCUT2D eigenvalue weighted by Gasteiger charge is -2.16. The van der Waals surface area contributed by atoms with E-state index in [9.17, 15) is 9.90 Å². The molecule has 1 aliphatic heterocycles. The molecule has 1 atom stereocenters. The minimum absolute atomic E-state index is 0.0315. The van der Waals surface area contributed by atoms with E-state index >= 15 is 0 Å². The highest BCUT2D eigenvalue weighted by atomic mass is 16.5. The van der Waals surface area contributed by atoms with Crippen molar-refractivity contribution in [3.63, 3.8) is 0 Å². The fraction of sp³-hybridized carbons (Fsp3) is 0.304. The number of nitrogens with one attached hydrogen (secondary N) is 1. The molecule has 4 rings (SSSR count). The number of benzene rings is 2. The fourth-order valence-corrected chi connectivity index (χ4v) is 3.76. The number of nitrogen functional groups attached to an aromatic ring is 1. The van der Waals surface area contributed by atoms with Gasteiger partial charge in [-0.3, -0.25) is 10.2 Å². The van der Waals surface area contributed by atoms with Crippen LogP contribution in [0.4, 0.5) is 0 Å². The predicted molar refractivity (Wildman–Crippen MR) is 114 cm³/mol. The number of aryl methyl sites for hydroxylation is 2. The molecule has 1 fully saturated rings. The number of phenols is 1. The normalized spacial score (nSPS) is 16.2. The van der Waals surface area contributed by atoms with Gasteiger partial charge in [0.25, 0.3) is 0 Å². The Morgan fingerprint density at radius 1 is 1.27 bits per heavy atom. The molecule has 0 aliphatic carbocycles. The minimum atomic E-state index is -0.0962. The summed E-state index contributed by atoms with van der Waals surface area (Å²) in [4.78, 5) is 13.2. The Kier molecular flexibility index (Phi) is 5.35. The number of carbonyl (C=O) groups is 1. The largest absolute Gasteiger partial charge is 0.504 e. The second-order valence-corrected chi connectivity index (χ2v) is 7.67. The maximum atomic E-state index is 11.4. The highest BCUT2D eigenvalue weighted by Gasteiger charge is 2.26. The van der Waals surface area contributed by atoms with Crippen LogP contribution in [0.1, 0.15) is 30.2 Å². The number of hydrogen-bond acceptors (Lipinski definition) is 5. The number of furan rings is 1. The molecule has 1 aromatic heterocycles. The van der Waals surface area contributed by atoms with Crippen LogP contribution in [0.3, 0.4) is 0 Å². The number of carbonyl (C=O) groups excluding carboxylic acids is 1. The molecule has 1 saturated heterocycles. The highest BCUT2D eigenvalue weighted by Crippen LogP contribution is 2.30. The molecule has 1 aliphatic rings. The van der Waals surface area contributed by atoms with E-state index in [1.807, 2.05) is 24.3 Å². The average molecular weight is 407 g/mol. The number of fused-ring (bicyclic) bond motifs is 1. The van der Waals surface area contributed by atoms with Gasteiger partial charge in [0.1, 0.15) is 23.3 Å². The second kappa shape index (κ2) is 8.10. The van der Waals surface area contributed by atoms with Gasteiger partial charge in [-0.15, -0.1) is 0 Å². The van der Waals surface area contributed by atoms with Crippen LogP contribution in [-0.2, 0) is 17.6 Å². The fourth-order valence-electron chi connectivity index (χ4n) is 3.76. The molecule has 0 unspecified atom stereocenters. The third kappa shape index (κ3) is 4.25. The van der Waals surface area contributed by atoms with Gasteiger partial charge in [0.15, 0.2) is 11.5 Å². The van der Waals surface area contributed by atoms with E-state index in [4.69, 9.17) is 20.3 Å². The second-order valence-electron chi connectivity index (χ2n) is 7.67. The first-order valence-electron chi connectivity index (χ1n) is 10.00. The molecule has 1 amide bonds. The summed E-state index contributed by atoms with van der Waals surface area (Å²) < 4.78 is 11.8. The lowest BCUT2D eigenvalue weighted by Crippen LogP contribution is -2.28. The van der Waals surface area contributed by atoms with Crippen LogP contribution in [-0.4, -0.2) is 40.9 Å². The number of amidine groups is 1. The summed E-state index contributed by atoms with van der Waals surface area (Å²) in [6.45, 7) is 2.79. The van der Waals surface area contributed by atoms with Crippen LogP contribution in [0.2, 0.25) is 0 Å². The number of phenolic OH excluding ortho intramolecular Hbond substituents is 1. The van der Waals surface area contributed by atoms with Crippen molar-refractivity contribution in [1.29, 1.82) is 5.41 Å². The van der Waals surface area contributed by atoms with E-state index in [2.05, 4.69) is 0 Å². The molecule has 7 heteroatoms. The molecule has 0 bridgehead atoms. The number of ether oxygens (including phenoxy) is 1. The van der Waals surface area contributed by atoms with Crippen molar-refractivity contribution in [2.75, 3.05) is 13.1 Å². The van der Waals surface area contributed by atoms with Crippen molar-refractivity contribution < 1.29 is 19.1 Å². The SMILES string of the molecule is CC(=O)N1CC[C@H](Oc2ccc(CCc3cc4cc(C(=N)N)ccc4o3)cc2O)C1. The lowest BCUT2D eigenvalue weighted by molar-refractivity contribution is -0.128. The zero-order valence-electron chi connectivity index (χ0n) is 16.9. The summed E-state index contributed by atoms with van der Waals surface area (Å²) in [7, 11) is 0. The number of nitrogens with zero attached hydrogens (tertiary/aromatic N) is 1. The van der Waals surface area contributed by atoms with E-state index in [1.54, 1.807) is 30.0 Å². The lowest BCUT2D eigenvalue weighted by atomic mass is 10.1. The summed E-state index contributed by atoms with van der Waals surface area (Å²) in [6, 6.07) is 12.8. The summed E-state index contributed by atoms with van der Waals surface area (Å²) in [6.07, 6.45) is 2.05. The van der Waals surface area contributed by atoms with Crippen molar-refractivity contribution in [3.8, 4) is 11.5 Å². The Morgan fingerprint density at radius 3 is 2.80 bits per heavy atom. The first kappa shape index (κ1) is 19.8. The molecule has 156 valence electrons. The predicted octanol–water partition coefficient (Wildman–Crippen LogP) is 3.21. The number of nitrogens with two attached hydrogens (primary N) is 1. The summed E-state index contributed by atoms with van der Waals surface area (Å²) in [5.41, 5.74) is 7.95. The highest BCUT2D eigenvalue weighted by molar-refractivity contribution is 5.98. The first-order chi connectivity index (χ1) is 14.4. The molecular weight excluding hydrogens is 382 g/mol. The number of amides is 1. The maximum absolute atomic E-state index is 11.4. The molecular formula is C23H25N3O4. The Hall–Kier alpha value is -3.48. The van der Waals surface area contributed by atoms with Crippen LogP contribution < -0.4 is 10.5 Å². The molecule has 4 N–H and O–H groups in total. The van der Waals surface area contributed by atoms with Gasteiger partial charge in [-0.05, 0) is 48.4 Å². The van der Waals surface area contributed by atoms with E-state index in [0.717, 1.165) is 28.7 Å². The van der Waals surface area contributed by atoms with Crippen LogP contribution in [0.15, 0.2) is 46.9 Å². The Morgan fingerprint density at radius 2 is 2.10 bits per heavy atom. The van der Waals surface area contributed by atoms with Gasteiger partial charge in [0, 0.05) is 37.3 Å². The van der Waals surface area contributed by atoms with Gasteiger partial charge in [0.2, 0.25) is 5.91 Å². The van der Waals surface area contributed by atoms with E-state index in [-0.39, 0.29) is 23.6 Å². The monoisotopic (exact) mass is 407 g/mol. The van der Waals surface area contributed by atoms with Crippen LogP contribution in [0, 0.1) is 5.41 Å². The molecule has 0 radical (unpaired) electrons. The number of rotatable bonds is 6. The van der Waals surface area contributed by atoms with Crippen molar-refractivity contribution in [2.45, 2.75) is 32.3 Å². The minimum Gasteiger partial charge on any atom is -0.504 e. The quantitative estimate of drug-likeness (QED) is 0.429. The summed E-state index contributed by atoms with van der Waals surface area (Å²) in [5, 5.41) is 18.8. The van der Waals surface area contributed by atoms with Gasteiger partial charge in [-0.25, -0.2) is 0 Å². The Balaban J connectivity index is 1.38. The van der Waals surface area contributed by atoms with Gasteiger partial charge in [-0.1, -0.05) is 6.07 Å². The van der Waals surface area contributed by atoms with Crippen molar-refractivity contribution in [1.82, 2.24) is 4.90 Å². The molecule has 2 aromatic carbocycles. The van der Waals surface area contributed by atoms with Gasteiger partial charge >= 0.3 is 0 Å². The average Bonchev–Trinajstić information content (AvgIpc) is 3.34. The van der Waals surface area contributed by atoms with E-state index < -0.39 is 0 Å². The molecule has 0 saturated carbocycles.